The van der Waals surface area contributed by atoms with Gasteiger partial charge in [0, 0.05) is 18.6 Å². The summed E-state index contributed by atoms with van der Waals surface area (Å²) in [7, 11) is 0. The van der Waals surface area contributed by atoms with Gasteiger partial charge in [-0.3, -0.25) is 19.7 Å². The summed E-state index contributed by atoms with van der Waals surface area (Å²) in [6.07, 6.45) is -3.64. The van der Waals surface area contributed by atoms with E-state index in [0.717, 1.165) is 18.1 Å². The molecule has 0 unspecified atom stereocenters. The quantitative estimate of drug-likeness (QED) is 0.241. The minimum atomic E-state index is -1.65. The van der Waals surface area contributed by atoms with E-state index in [1.807, 2.05) is 60.7 Å². The largest absolute Gasteiger partial charge is 0.451 e. The fraction of sp³-hybridized carbons (Fsp3) is 0.241. The van der Waals surface area contributed by atoms with Crippen LogP contribution in [0.1, 0.15) is 29.7 Å². The van der Waals surface area contributed by atoms with E-state index in [1.165, 1.54) is 30.3 Å². The molecule has 4 rings (SSSR count). The highest BCUT2D eigenvalue weighted by atomic mass is 16.6. The number of ether oxygens (including phenoxy) is 3. The molecule has 0 saturated heterocycles. The van der Waals surface area contributed by atoms with E-state index in [4.69, 9.17) is 14.2 Å². The van der Waals surface area contributed by atoms with Crippen molar-refractivity contribution in [2.24, 2.45) is 0 Å². The van der Waals surface area contributed by atoms with E-state index in [9.17, 15) is 24.8 Å². The molecule has 1 N–H and O–H groups in total. The summed E-state index contributed by atoms with van der Waals surface area (Å²) in [6, 6.07) is 24.2. The molecule has 1 aliphatic carbocycles. The summed E-state index contributed by atoms with van der Waals surface area (Å²) in [4.78, 5) is 36.5. The number of Topliss-reactive ketones (excluding diaryl/α,β-unsaturated/α-hetero) is 1. The Morgan fingerprint density at radius 2 is 1.47 bits per heavy atom. The number of aliphatic hydroxyl groups is 1. The molecule has 0 radical (unpaired) electrons. The van der Waals surface area contributed by atoms with Gasteiger partial charge in [-0.15, -0.1) is 0 Å². The molecule has 3 aromatic carbocycles. The number of nitro groups is 1. The summed E-state index contributed by atoms with van der Waals surface area (Å²) >= 11 is 0. The molecule has 0 spiro atoms. The highest BCUT2D eigenvalue weighted by Gasteiger charge is 2.45. The van der Waals surface area contributed by atoms with Crippen LogP contribution in [0.4, 0.5) is 5.69 Å². The third-order valence-corrected chi connectivity index (χ3v) is 6.10. The monoisotopic (exact) mass is 517 g/mol. The standard InChI is InChI=1S/C29H27NO8/c1-19(31)38-29-27(33)23(26(32)22-14-8-9-15-24(22)30(34)35)16-25(36-17-20-10-4-2-5-11-20)28(29)37-18-21-12-6-3-7-13-21/h2-16,25-26,28-29,32H,17-18H2,1H3/t25-,26-,28+,29+/m0/s1. The number of esters is 1. The Balaban J connectivity index is 1.72. The number of carbonyl (C=O) groups is 2. The molecule has 0 aliphatic heterocycles. The zero-order valence-electron chi connectivity index (χ0n) is 20.6. The topological polar surface area (TPSA) is 125 Å². The van der Waals surface area contributed by atoms with E-state index >= 15 is 0 Å². The lowest BCUT2D eigenvalue weighted by Crippen LogP contribution is -2.51. The normalized spacial score (nSPS) is 19.9. The smallest absolute Gasteiger partial charge is 0.303 e. The Morgan fingerprint density at radius 1 is 0.921 bits per heavy atom. The Hall–Kier alpha value is -4.18. The van der Waals surface area contributed by atoms with Gasteiger partial charge >= 0.3 is 5.97 Å². The lowest BCUT2D eigenvalue weighted by Gasteiger charge is -2.36. The maximum atomic E-state index is 13.6. The predicted octanol–water partition coefficient (Wildman–Crippen LogP) is 4.24. The molecule has 0 amide bonds. The maximum Gasteiger partial charge on any atom is 0.303 e. The first-order valence-electron chi connectivity index (χ1n) is 12.0. The van der Waals surface area contributed by atoms with E-state index in [-0.39, 0.29) is 30.0 Å². The zero-order chi connectivity index (χ0) is 27.1. The molecule has 0 heterocycles. The van der Waals surface area contributed by atoms with Gasteiger partial charge in [0.15, 0.2) is 6.10 Å². The summed E-state index contributed by atoms with van der Waals surface area (Å²) in [5.41, 5.74) is 1.09. The van der Waals surface area contributed by atoms with Crippen molar-refractivity contribution in [1.29, 1.82) is 0 Å². The van der Waals surface area contributed by atoms with Gasteiger partial charge in [0.1, 0.15) is 18.3 Å². The van der Waals surface area contributed by atoms with Crippen molar-refractivity contribution in [2.45, 2.75) is 44.6 Å². The first-order valence-corrected chi connectivity index (χ1v) is 12.0. The molecular weight excluding hydrogens is 490 g/mol. The van der Waals surface area contributed by atoms with Crippen LogP contribution < -0.4 is 0 Å². The van der Waals surface area contributed by atoms with Gasteiger partial charge in [0.05, 0.1) is 23.7 Å². The van der Waals surface area contributed by atoms with Gasteiger partial charge in [0.2, 0.25) is 5.78 Å². The summed E-state index contributed by atoms with van der Waals surface area (Å²) in [5.74, 6) is -1.44. The Bertz CT molecular complexity index is 1310. The van der Waals surface area contributed by atoms with Gasteiger partial charge in [-0.25, -0.2) is 0 Å². The number of nitro benzene ring substituents is 1. The number of aliphatic hydroxyl groups excluding tert-OH is 1. The fourth-order valence-corrected chi connectivity index (χ4v) is 4.28. The number of hydrogen-bond acceptors (Lipinski definition) is 8. The maximum absolute atomic E-state index is 13.6. The Labute approximate surface area is 219 Å². The van der Waals surface area contributed by atoms with Crippen molar-refractivity contribution in [3.8, 4) is 0 Å². The molecule has 38 heavy (non-hydrogen) atoms. The van der Waals surface area contributed by atoms with Crippen molar-refractivity contribution in [2.75, 3.05) is 0 Å². The SMILES string of the molecule is CC(=O)O[C@@H]1C(=O)C([C@@H](O)c2ccccc2[N+](=O)[O-])=C[C@H](OCc2ccccc2)[C@H]1OCc1ccccc1. The second-order valence-corrected chi connectivity index (χ2v) is 8.76. The van der Waals surface area contributed by atoms with Crippen LogP contribution in [-0.4, -0.2) is 40.1 Å². The van der Waals surface area contributed by atoms with E-state index < -0.39 is 41.1 Å². The minimum Gasteiger partial charge on any atom is -0.451 e. The van der Waals surface area contributed by atoms with Crippen molar-refractivity contribution in [3.05, 3.63) is 123 Å². The van der Waals surface area contributed by atoms with Crippen LogP contribution in [0.2, 0.25) is 0 Å². The van der Waals surface area contributed by atoms with Crippen LogP contribution in [0, 0.1) is 10.1 Å². The lowest BCUT2D eigenvalue weighted by atomic mass is 9.85. The zero-order valence-corrected chi connectivity index (χ0v) is 20.6. The first kappa shape index (κ1) is 26.9. The molecule has 0 bridgehead atoms. The van der Waals surface area contributed by atoms with E-state index in [2.05, 4.69) is 0 Å². The number of ketones is 1. The predicted molar refractivity (Wildman–Crippen MR) is 137 cm³/mol. The molecule has 0 aromatic heterocycles. The number of carbonyl (C=O) groups excluding carboxylic acids is 2. The number of nitrogens with zero attached hydrogens (tertiary/aromatic N) is 1. The molecule has 3 aromatic rings. The van der Waals surface area contributed by atoms with Gasteiger partial charge < -0.3 is 19.3 Å². The molecular formula is C29H27NO8. The van der Waals surface area contributed by atoms with Crippen LogP contribution in [0.5, 0.6) is 0 Å². The number of rotatable bonds is 10. The highest BCUT2D eigenvalue weighted by Crippen LogP contribution is 2.35. The van der Waals surface area contributed by atoms with Crippen LogP contribution >= 0.6 is 0 Å². The summed E-state index contributed by atoms with van der Waals surface area (Å²) < 4.78 is 17.6. The minimum absolute atomic E-state index is 0.0656. The van der Waals surface area contributed by atoms with Gasteiger partial charge in [-0.1, -0.05) is 72.8 Å². The molecule has 0 saturated carbocycles. The van der Waals surface area contributed by atoms with Crippen LogP contribution in [0.3, 0.4) is 0 Å². The van der Waals surface area contributed by atoms with Crippen LogP contribution in [0.15, 0.2) is 96.6 Å². The van der Waals surface area contributed by atoms with Crippen molar-refractivity contribution >= 4 is 17.4 Å². The van der Waals surface area contributed by atoms with Crippen LogP contribution in [0.25, 0.3) is 0 Å². The fourth-order valence-electron chi connectivity index (χ4n) is 4.28. The third kappa shape index (κ3) is 6.38. The van der Waals surface area contributed by atoms with Gasteiger partial charge in [-0.2, -0.15) is 0 Å². The van der Waals surface area contributed by atoms with Gasteiger partial charge in [-0.05, 0) is 23.3 Å². The van der Waals surface area contributed by atoms with E-state index in [0.29, 0.717) is 0 Å². The second kappa shape index (κ2) is 12.4. The van der Waals surface area contributed by atoms with Crippen LogP contribution in [-0.2, 0) is 37.0 Å². The van der Waals surface area contributed by atoms with Crippen molar-refractivity contribution < 1.29 is 33.8 Å². The summed E-state index contributed by atoms with van der Waals surface area (Å²) in [6.45, 7) is 1.42. The Morgan fingerprint density at radius 3 is 2.05 bits per heavy atom. The average molecular weight is 518 g/mol. The lowest BCUT2D eigenvalue weighted by molar-refractivity contribution is -0.386. The first-order chi connectivity index (χ1) is 18.3. The average Bonchev–Trinajstić information content (AvgIpc) is 2.93. The highest BCUT2D eigenvalue weighted by molar-refractivity contribution is 6.02. The number of hydrogen-bond donors (Lipinski definition) is 1. The molecule has 0 fully saturated rings. The molecule has 196 valence electrons. The molecule has 9 heteroatoms. The molecule has 4 atom stereocenters. The number of para-hydroxylation sites is 1. The third-order valence-electron chi connectivity index (χ3n) is 6.10. The van der Waals surface area contributed by atoms with Gasteiger partial charge in [0.25, 0.3) is 5.69 Å². The summed E-state index contributed by atoms with van der Waals surface area (Å²) in [5, 5.41) is 22.7. The van der Waals surface area contributed by atoms with Crippen molar-refractivity contribution in [1.82, 2.24) is 0 Å². The number of benzene rings is 3. The molecule has 1 aliphatic rings. The second-order valence-electron chi connectivity index (χ2n) is 8.76. The molecule has 9 nitrogen and oxygen atoms in total. The van der Waals surface area contributed by atoms with Crippen molar-refractivity contribution in [3.63, 3.8) is 0 Å². The Kier molecular flexibility index (Phi) is 8.75. The van der Waals surface area contributed by atoms with E-state index in [1.54, 1.807) is 0 Å².